The van der Waals surface area contributed by atoms with Crippen molar-refractivity contribution < 1.29 is 32.1 Å². The van der Waals surface area contributed by atoms with Crippen LogP contribution in [0, 0.1) is 0 Å². The average molecular weight is 495 g/mol. The molecule has 6 N–H and O–H groups in total. The van der Waals surface area contributed by atoms with E-state index in [1.165, 1.54) is 12.1 Å². The molecule has 2 rings (SSSR count). The number of anilines is 1. The first kappa shape index (κ1) is 26.9. The maximum atomic E-state index is 12.6. The molecule has 0 fully saturated rings. The molecule has 11 nitrogen and oxygen atoms in total. The predicted octanol–water partition coefficient (Wildman–Crippen LogP) is 1.77. The van der Waals surface area contributed by atoms with E-state index in [1.54, 1.807) is 45.0 Å². The van der Waals surface area contributed by atoms with Crippen molar-refractivity contribution in [2.45, 2.75) is 50.2 Å². The molecule has 0 bridgehead atoms. The Bertz CT molecular complexity index is 1160. The van der Waals surface area contributed by atoms with Crippen molar-refractivity contribution in [3.8, 4) is 0 Å². The van der Waals surface area contributed by atoms with Crippen LogP contribution in [0.3, 0.4) is 0 Å². The van der Waals surface area contributed by atoms with Gasteiger partial charge in [-0.2, -0.15) is 8.42 Å². The van der Waals surface area contributed by atoms with Crippen LogP contribution in [0.1, 0.15) is 33.6 Å². The number of nitrogens with one attached hydrogen (secondary N) is 3. The number of ether oxygens (including phenoxy) is 1. The number of benzene rings is 2. The van der Waals surface area contributed by atoms with E-state index in [2.05, 4.69) is 16.0 Å². The van der Waals surface area contributed by atoms with E-state index in [9.17, 15) is 27.4 Å². The molecule has 0 heterocycles. The molecule has 12 heteroatoms. The van der Waals surface area contributed by atoms with Gasteiger partial charge in [0.2, 0.25) is 11.8 Å². The van der Waals surface area contributed by atoms with Crippen molar-refractivity contribution in [3.05, 3.63) is 36.4 Å². The van der Waals surface area contributed by atoms with Gasteiger partial charge in [-0.15, -0.1) is 0 Å². The molecule has 0 radical (unpaired) electrons. The summed E-state index contributed by atoms with van der Waals surface area (Å²) in [7, 11) is -4.39. The average Bonchev–Trinajstić information content (AvgIpc) is 2.71. The van der Waals surface area contributed by atoms with Gasteiger partial charge in [-0.05, 0) is 39.3 Å². The van der Waals surface area contributed by atoms with E-state index in [1.807, 2.05) is 0 Å². The SMILES string of the molecule is CC(C)(C)OC(=O)N[C@H](CCC(N)=O)C(=O)NCCNc1cccc2c(S(=O)(=O)O)cccc12. The smallest absolute Gasteiger partial charge is 0.408 e. The second-order valence-corrected chi connectivity index (χ2v) is 9.94. The third-order valence-corrected chi connectivity index (χ3v) is 5.50. The monoisotopic (exact) mass is 494 g/mol. The Morgan fingerprint density at radius 3 is 2.32 bits per heavy atom. The molecule has 0 unspecified atom stereocenters. The molecule has 1 atom stereocenters. The first-order valence-electron chi connectivity index (χ1n) is 10.6. The van der Waals surface area contributed by atoms with E-state index < -0.39 is 39.7 Å². The van der Waals surface area contributed by atoms with Crippen LogP contribution < -0.4 is 21.7 Å². The van der Waals surface area contributed by atoms with Crippen molar-refractivity contribution in [2.75, 3.05) is 18.4 Å². The molecule has 0 aliphatic heterocycles. The number of alkyl carbamates (subject to hydrolysis) is 1. The largest absolute Gasteiger partial charge is 0.444 e. The van der Waals surface area contributed by atoms with E-state index in [0.29, 0.717) is 16.5 Å². The molecule has 0 aliphatic rings. The highest BCUT2D eigenvalue weighted by molar-refractivity contribution is 7.86. The van der Waals surface area contributed by atoms with Gasteiger partial charge >= 0.3 is 6.09 Å². The van der Waals surface area contributed by atoms with Crippen molar-refractivity contribution in [2.24, 2.45) is 5.73 Å². The van der Waals surface area contributed by atoms with Crippen LogP contribution in [0.25, 0.3) is 10.8 Å². The third-order valence-electron chi connectivity index (χ3n) is 4.59. The quantitative estimate of drug-likeness (QED) is 0.245. The molecule has 34 heavy (non-hydrogen) atoms. The fraction of sp³-hybridized carbons (Fsp3) is 0.409. The van der Waals surface area contributed by atoms with Gasteiger partial charge in [-0.1, -0.05) is 24.3 Å². The van der Waals surface area contributed by atoms with Gasteiger partial charge in [-0.3, -0.25) is 14.1 Å². The summed E-state index contributed by atoms with van der Waals surface area (Å²) >= 11 is 0. The molecule has 0 aromatic heterocycles. The number of fused-ring (bicyclic) bond motifs is 1. The lowest BCUT2D eigenvalue weighted by Gasteiger charge is -2.23. The molecule has 2 aromatic carbocycles. The van der Waals surface area contributed by atoms with Gasteiger partial charge in [0.05, 0.1) is 0 Å². The number of amides is 3. The van der Waals surface area contributed by atoms with E-state index >= 15 is 0 Å². The third kappa shape index (κ3) is 8.19. The summed E-state index contributed by atoms with van der Waals surface area (Å²) in [5.74, 6) is -1.12. The number of hydrogen-bond donors (Lipinski definition) is 5. The van der Waals surface area contributed by atoms with E-state index in [0.717, 1.165) is 0 Å². The van der Waals surface area contributed by atoms with Crippen LogP contribution in [-0.2, 0) is 24.4 Å². The molecule has 2 aromatic rings. The summed E-state index contributed by atoms with van der Waals surface area (Å²) in [6, 6.07) is 8.47. The fourth-order valence-corrected chi connectivity index (χ4v) is 3.88. The first-order valence-corrected chi connectivity index (χ1v) is 12.0. The minimum Gasteiger partial charge on any atom is -0.444 e. The summed E-state index contributed by atoms with van der Waals surface area (Å²) in [5.41, 5.74) is 5.01. The van der Waals surface area contributed by atoms with Crippen molar-refractivity contribution in [1.29, 1.82) is 0 Å². The number of hydrogen-bond acceptors (Lipinski definition) is 7. The minimum absolute atomic E-state index is 0.00950. The normalized spacial score (nSPS) is 12.6. The van der Waals surface area contributed by atoms with Crippen LogP contribution in [0.5, 0.6) is 0 Å². The van der Waals surface area contributed by atoms with Crippen LogP contribution in [-0.4, -0.2) is 55.6 Å². The fourth-order valence-electron chi connectivity index (χ4n) is 3.17. The first-order chi connectivity index (χ1) is 15.8. The summed E-state index contributed by atoms with van der Waals surface area (Å²) in [5, 5.41) is 9.16. The van der Waals surface area contributed by atoms with Gasteiger partial charge in [0, 0.05) is 36.0 Å². The summed E-state index contributed by atoms with van der Waals surface area (Å²) < 4.78 is 37.9. The number of carbonyl (C=O) groups is 3. The lowest BCUT2D eigenvalue weighted by atomic mass is 10.1. The zero-order valence-electron chi connectivity index (χ0n) is 19.3. The van der Waals surface area contributed by atoms with Gasteiger partial charge in [0.1, 0.15) is 16.5 Å². The Kier molecular flexibility index (Phi) is 8.82. The van der Waals surface area contributed by atoms with Crippen LogP contribution in [0.15, 0.2) is 41.3 Å². The van der Waals surface area contributed by atoms with Crippen LogP contribution >= 0.6 is 0 Å². The molecular weight excluding hydrogens is 464 g/mol. The second kappa shape index (κ2) is 11.2. The zero-order chi connectivity index (χ0) is 25.5. The van der Waals surface area contributed by atoms with E-state index in [4.69, 9.17) is 10.5 Å². The van der Waals surface area contributed by atoms with E-state index in [-0.39, 0.29) is 30.8 Å². The zero-order valence-corrected chi connectivity index (χ0v) is 20.1. The number of rotatable bonds is 10. The molecule has 0 aliphatic carbocycles. The van der Waals surface area contributed by atoms with Crippen LogP contribution in [0.4, 0.5) is 10.5 Å². The molecular formula is C22H30N4O7S. The lowest BCUT2D eigenvalue weighted by molar-refractivity contribution is -0.123. The number of carbonyl (C=O) groups excluding carboxylic acids is 3. The van der Waals surface area contributed by atoms with Crippen molar-refractivity contribution in [3.63, 3.8) is 0 Å². The second-order valence-electron chi connectivity index (χ2n) is 8.55. The highest BCUT2D eigenvalue weighted by atomic mass is 32.2. The minimum atomic E-state index is -4.39. The Hall–Kier alpha value is -3.38. The lowest BCUT2D eigenvalue weighted by Crippen LogP contribution is -2.49. The Morgan fingerprint density at radius 2 is 1.71 bits per heavy atom. The highest BCUT2D eigenvalue weighted by Gasteiger charge is 2.24. The molecule has 186 valence electrons. The van der Waals surface area contributed by atoms with Crippen molar-refractivity contribution in [1.82, 2.24) is 10.6 Å². The Balaban J connectivity index is 2.01. The van der Waals surface area contributed by atoms with Crippen molar-refractivity contribution >= 4 is 44.5 Å². The maximum absolute atomic E-state index is 12.6. The molecule has 0 saturated heterocycles. The van der Waals surface area contributed by atoms with Gasteiger partial charge in [0.15, 0.2) is 0 Å². The van der Waals surface area contributed by atoms with Gasteiger partial charge in [0.25, 0.3) is 10.1 Å². The standard InChI is InChI=1S/C22H30N4O7S/c1-22(2,3)33-21(29)26-17(10-11-19(23)27)20(28)25-13-12-24-16-8-4-7-15-14(16)6-5-9-18(15)34(30,31)32/h4-9,17,24H,10-13H2,1-3H3,(H2,23,27)(H,25,28)(H,26,29)(H,30,31,32)/t17-/m1/s1. The summed E-state index contributed by atoms with van der Waals surface area (Å²) in [4.78, 5) is 35.6. The predicted molar refractivity (Wildman–Crippen MR) is 127 cm³/mol. The Labute approximate surface area is 198 Å². The number of primary amides is 1. The molecule has 3 amide bonds. The number of nitrogens with two attached hydrogens (primary N) is 1. The molecule has 0 spiro atoms. The molecule has 0 saturated carbocycles. The van der Waals surface area contributed by atoms with Gasteiger partial charge in [-0.25, -0.2) is 4.79 Å². The maximum Gasteiger partial charge on any atom is 0.408 e. The highest BCUT2D eigenvalue weighted by Crippen LogP contribution is 2.28. The van der Waals surface area contributed by atoms with Gasteiger partial charge < -0.3 is 26.4 Å². The topological polar surface area (TPSA) is 177 Å². The Morgan fingerprint density at radius 1 is 1.06 bits per heavy atom. The van der Waals surface area contributed by atoms with Crippen LogP contribution in [0.2, 0.25) is 0 Å². The summed E-state index contributed by atoms with van der Waals surface area (Å²) in [6.07, 6.45) is -0.881. The summed E-state index contributed by atoms with van der Waals surface area (Å²) in [6.45, 7) is 5.49.